The number of aryl methyl sites for hydroxylation is 1. The topological polar surface area (TPSA) is 53.1 Å². The molecule has 0 aromatic carbocycles. The summed E-state index contributed by atoms with van der Waals surface area (Å²) in [5, 5.41) is 4.99. The van der Waals surface area contributed by atoms with Crippen LogP contribution < -0.4 is 5.73 Å². The first-order valence-electron chi connectivity index (χ1n) is 5.75. The third-order valence-corrected chi connectivity index (χ3v) is 3.66. The first-order valence-corrected chi connectivity index (χ1v) is 6.13. The summed E-state index contributed by atoms with van der Waals surface area (Å²) < 4.78 is 7.50. The van der Waals surface area contributed by atoms with E-state index in [1.54, 1.807) is 0 Å². The number of rotatable bonds is 2. The van der Waals surface area contributed by atoms with Crippen LogP contribution in [0.1, 0.15) is 37.9 Å². The highest BCUT2D eigenvalue weighted by Gasteiger charge is 2.25. The maximum Gasteiger partial charge on any atom is 0.141 e. The average Bonchev–Trinajstić information content (AvgIpc) is 2.57. The molecule has 2 heterocycles. The summed E-state index contributed by atoms with van der Waals surface area (Å²) in [4.78, 5) is 0. The summed E-state index contributed by atoms with van der Waals surface area (Å²) in [5.74, 6) is 0.584. The highest BCUT2D eigenvalue weighted by atomic mass is 35.5. The molecule has 1 aromatic rings. The molecule has 0 aliphatic carbocycles. The van der Waals surface area contributed by atoms with Crippen LogP contribution in [0.3, 0.4) is 0 Å². The van der Waals surface area contributed by atoms with Gasteiger partial charge in [-0.2, -0.15) is 5.10 Å². The second-order valence-corrected chi connectivity index (χ2v) is 4.69. The number of nitrogen functional groups attached to an aromatic ring is 1. The molecule has 1 fully saturated rings. The van der Waals surface area contributed by atoms with Crippen molar-refractivity contribution in [3.8, 4) is 0 Å². The quantitative estimate of drug-likeness (QED) is 0.869. The predicted molar refractivity (Wildman–Crippen MR) is 64.7 cm³/mol. The Hall–Kier alpha value is -0.740. The Balaban J connectivity index is 2.20. The first kappa shape index (κ1) is 11.7. The van der Waals surface area contributed by atoms with Crippen molar-refractivity contribution in [1.29, 1.82) is 0 Å². The molecule has 5 heteroatoms. The molecule has 0 bridgehead atoms. The lowest BCUT2D eigenvalue weighted by molar-refractivity contribution is -0.00898. The van der Waals surface area contributed by atoms with Gasteiger partial charge in [0.05, 0.1) is 17.8 Å². The lowest BCUT2D eigenvalue weighted by Gasteiger charge is -2.29. The molecule has 16 heavy (non-hydrogen) atoms. The molecule has 1 aliphatic rings. The van der Waals surface area contributed by atoms with Crippen molar-refractivity contribution in [2.24, 2.45) is 0 Å². The number of nitrogens with two attached hydrogens (primary N) is 1. The molecular weight excluding hydrogens is 226 g/mol. The summed E-state index contributed by atoms with van der Waals surface area (Å²) in [6.45, 7) is 4.79. The standard InChI is InChI=1S/C11H18ClN3O/c1-3-9-6-8(4-5-16-9)15-11(13)10(12)7(2)14-15/h8-9H,3-6,13H2,1-2H3. The van der Waals surface area contributed by atoms with E-state index in [1.807, 2.05) is 11.6 Å². The second kappa shape index (κ2) is 4.63. The van der Waals surface area contributed by atoms with Gasteiger partial charge in [0.1, 0.15) is 10.8 Å². The minimum absolute atomic E-state index is 0.321. The third-order valence-electron chi connectivity index (χ3n) is 3.19. The molecule has 2 atom stereocenters. The summed E-state index contributed by atoms with van der Waals surface area (Å²) in [6.07, 6.45) is 3.28. The van der Waals surface area contributed by atoms with Crippen molar-refractivity contribution < 1.29 is 4.74 Å². The zero-order chi connectivity index (χ0) is 11.7. The summed E-state index contributed by atoms with van der Waals surface area (Å²) in [6, 6.07) is 0.324. The van der Waals surface area contributed by atoms with Crippen molar-refractivity contribution in [2.45, 2.75) is 45.3 Å². The summed E-state index contributed by atoms with van der Waals surface area (Å²) >= 11 is 6.05. The second-order valence-electron chi connectivity index (χ2n) is 4.31. The smallest absolute Gasteiger partial charge is 0.141 e. The lowest BCUT2D eigenvalue weighted by atomic mass is 10.0. The molecule has 4 nitrogen and oxygen atoms in total. The van der Waals surface area contributed by atoms with Crippen LogP contribution in [0.25, 0.3) is 0 Å². The maximum atomic E-state index is 6.05. The zero-order valence-corrected chi connectivity index (χ0v) is 10.5. The van der Waals surface area contributed by atoms with Crippen LogP contribution in [-0.4, -0.2) is 22.5 Å². The van der Waals surface area contributed by atoms with E-state index in [0.717, 1.165) is 31.6 Å². The van der Waals surface area contributed by atoms with Crippen LogP contribution in [0.5, 0.6) is 0 Å². The van der Waals surface area contributed by atoms with Crippen molar-refractivity contribution in [3.05, 3.63) is 10.7 Å². The number of hydrogen-bond donors (Lipinski definition) is 1. The summed E-state index contributed by atoms with van der Waals surface area (Å²) in [7, 11) is 0. The van der Waals surface area contributed by atoms with E-state index in [-0.39, 0.29) is 0 Å². The molecule has 0 amide bonds. The Morgan fingerprint density at radius 3 is 2.94 bits per heavy atom. The molecule has 2 unspecified atom stereocenters. The van der Waals surface area contributed by atoms with Crippen molar-refractivity contribution in [2.75, 3.05) is 12.3 Å². The molecule has 1 aromatic heterocycles. The number of hydrogen-bond acceptors (Lipinski definition) is 3. The normalized spacial score (nSPS) is 25.9. The number of nitrogens with zero attached hydrogens (tertiary/aromatic N) is 2. The zero-order valence-electron chi connectivity index (χ0n) is 9.74. The highest BCUT2D eigenvalue weighted by Crippen LogP contribution is 2.32. The van der Waals surface area contributed by atoms with E-state index in [4.69, 9.17) is 22.1 Å². The Morgan fingerprint density at radius 1 is 1.62 bits per heavy atom. The van der Waals surface area contributed by atoms with E-state index in [2.05, 4.69) is 12.0 Å². The molecule has 0 radical (unpaired) electrons. The average molecular weight is 244 g/mol. The fourth-order valence-electron chi connectivity index (χ4n) is 2.19. The monoisotopic (exact) mass is 243 g/mol. The van der Waals surface area contributed by atoms with Crippen molar-refractivity contribution in [3.63, 3.8) is 0 Å². The number of ether oxygens (including phenoxy) is 1. The van der Waals surface area contributed by atoms with Crippen LogP contribution in [0.2, 0.25) is 5.02 Å². The van der Waals surface area contributed by atoms with Gasteiger partial charge in [0, 0.05) is 6.61 Å². The van der Waals surface area contributed by atoms with Crippen LogP contribution in [0.4, 0.5) is 5.82 Å². The highest BCUT2D eigenvalue weighted by molar-refractivity contribution is 6.33. The molecule has 0 spiro atoms. The largest absolute Gasteiger partial charge is 0.383 e. The maximum absolute atomic E-state index is 6.05. The molecule has 90 valence electrons. The minimum atomic E-state index is 0.321. The fraction of sp³-hybridized carbons (Fsp3) is 0.727. The fourth-order valence-corrected chi connectivity index (χ4v) is 2.31. The van der Waals surface area contributed by atoms with Crippen LogP contribution in [0.15, 0.2) is 0 Å². The van der Waals surface area contributed by atoms with E-state index < -0.39 is 0 Å². The van der Waals surface area contributed by atoms with Gasteiger partial charge in [0.15, 0.2) is 0 Å². The van der Waals surface area contributed by atoms with Crippen molar-refractivity contribution >= 4 is 17.4 Å². The minimum Gasteiger partial charge on any atom is -0.383 e. The number of aromatic nitrogens is 2. The van der Waals surface area contributed by atoms with Gasteiger partial charge >= 0.3 is 0 Å². The van der Waals surface area contributed by atoms with Gasteiger partial charge in [-0.15, -0.1) is 0 Å². The van der Waals surface area contributed by atoms with Gasteiger partial charge < -0.3 is 10.5 Å². The van der Waals surface area contributed by atoms with E-state index in [9.17, 15) is 0 Å². The predicted octanol–water partition coefficient (Wildman–Crippen LogP) is 2.56. The number of anilines is 1. The molecule has 1 saturated heterocycles. The van der Waals surface area contributed by atoms with Gasteiger partial charge in [0.2, 0.25) is 0 Å². The molecule has 2 N–H and O–H groups in total. The molecule has 0 saturated carbocycles. The summed E-state index contributed by atoms with van der Waals surface area (Å²) in [5.41, 5.74) is 6.75. The van der Waals surface area contributed by atoms with Gasteiger partial charge in [-0.25, -0.2) is 4.68 Å². The van der Waals surface area contributed by atoms with Gasteiger partial charge in [0.25, 0.3) is 0 Å². The van der Waals surface area contributed by atoms with Crippen LogP contribution >= 0.6 is 11.6 Å². The van der Waals surface area contributed by atoms with Crippen LogP contribution in [-0.2, 0) is 4.74 Å². The Morgan fingerprint density at radius 2 is 2.38 bits per heavy atom. The Labute approximate surface area is 101 Å². The number of halogens is 1. The van der Waals surface area contributed by atoms with Gasteiger partial charge in [-0.3, -0.25) is 0 Å². The lowest BCUT2D eigenvalue weighted by Crippen LogP contribution is -2.28. The third kappa shape index (κ3) is 2.04. The molecule has 1 aliphatic heterocycles. The Kier molecular flexibility index (Phi) is 3.40. The van der Waals surface area contributed by atoms with Crippen LogP contribution in [0, 0.1) is 6.92 Å². The Bertz CT molecular complexity index is 378. The van der Waals surface area contributed by atoms with Gasteiger partial charge in [-0.1, -0.05) is 18.5 Å². The first-order chi connectivity index (χ1) is 7.63. The van der Waals surface area contributed by atoms with E-state index in [1.165, 1.54) is 0 Å². The van der Waals surface area contributed by atoms with E-state index >= 15 is 0 Å². The van der Waals surface area contributed by atoms with E-state index in [0.29, 0.717) is 23.0 Å². The molecular formula is C11H18ClN3O. The van der Waals surface area contributed by atoms with Crippen molar-refractivity contribution in [1.82, 2.24) is 9.78 Å². The molecule has 2 rings (SSSR count). The SMILES string of the molecule is CCC1CC(n2nc(C)c(Cl)c2N)CCO1. The van der Waals surface area contributed by atoms with Gasteiger partial charge in [-0.05, 0) is 26.2 Å².